The van der Waals surface area contributed by atoms with Gasteiger partial charge in [0.1, 0.15) is 0 Å². The molecule has 1 aliphatic carbocycles. The lowest BCUT2D eigenvalue weighted by molar-refractivity contribution is -0.132. The molecule has 4 atom stereocenters. The third kappa shape index (κ3) is 3.01. The molecule has 4 heteroatoms. The summed E-state index contributed by atoms with van der Waals surface area (Å²) in [6.07, 6.45) is 5.55. The summed E-state index contributed by atoms with van der Waals surface area (Å²) < 4.78 is 0. The highest BCUT2D eigenvalue weighted by Crippen LogP contribution is 2.35. The Morgan fingerprint density at radius 1 is 1.35 bits per heavy atom. The van der Waals surface area contributed by atoms with Crippen LogP contribution in [0.3, 0.4) is 0 Å². The molecule has 0 aromatic heterocycles. The zero-order valence-electron chi connectivity index (χ0n) is 13.5. The highest BCUT2D eigenvalue weighted by Gasteiger charge is 2.40. The standard InChI is InChI=1S/C16H31N3O/c1-5-12-10-13(18(4)11(2)3)6-7-15(12)19-9-8-14(17)16(19)20/h11-15H,5-10,17H2,1-4H3/t12-,13+,14-,15-/m0/s1. The zero-order valence-corrected chi connectivity index (χ0v) is 13.5. The van der Waals surface area contributed by atoms with E-state index in [0.29, 0.717) is 24.0 Å². The van der Waals surface area contributed by atoms with Crippen LogP contribution < -0.4 is 5.73 Å². The number of hydrogen-bond donors (Lipinski definition) is 1. The number of nitrogens with two attached hydrogens (primary N) is 1. The highest BCUT2D eigenvalue weighted by molar-refractivity contribution is 5.84. The van der Waals surface area contributed by atoms with E-state index >= 15 is 0 Å². The monoisotopic (exact) mass is 281 g/mol. The maximum atomic E-state index is 12.2. The summed E-state index contributed by atoms with van der Waals surface area (Å²) in [5.74, 6) is 0.813. The van der Waals surface area contributed by atoms with Gasteiger partial charge in [0.15, 0.2) is 0 Å². The summed E-state index contributed by atoms with van der Waals surface area (Å²) in [7, 11) is 2.24. The molecular formula is C16H31N3O. The van der Waals surface area contributed by atoms with Crippen molar-refractivity contribution in [2.75, 3.05) is 13.6 Å². The van der Waals surface area contributed by atoms with Crippen molar-refractivity contribution < 1.29 is 4.79 Å². The van der Waals surface area contributed by atoms with Crippen LogP contribution in [0.2, 0.25) is 0 Å². The highest BCUT2D eigenvalue weighted by atomic mass is 16.2. The number of likely N-dealkylation sites (tertiary alicyclic amines) is 1. The SMILES string of the molecule is CC[C@H]1C[C@H](N(C)C(C)C)CC[C@@H]1N1CC[C@H](N)C1=O. The molecule has 116 valence electrons. The third-order valence-corrected chi connectivity index (χ3v) is 5.51. The lowest BCUT2D eigenvalue weighted by Gasteiger charge is -2.44. The lowest BCUT2D eigenvalue weighted by Crippen LogP contribution is -2.50. The average molecular weight is 281 g/mol. The quantitative estimate of drug-likeness (QED) is 0.855. The largest absolute Gasteiger partial charge is 0.338 e. The van der Waals surface area contributed by atoms with Crippen LogP contribution >= 0.6 is 0 Å². The van der Waals surface area contributed by atoms with Crippen molar-refractivity contribution in [1.82, 2.24) is 9.80 Å². The Morgan fingerprint density at radius 3 is 2.55 bits per heavy atom. The molecule has 1 saturated carbocycles. The molecule has 1 saturated heterocycles. The van der Waals surface area contributed by atoms with Crippen molar-refractivity contribution in [3.63, 3.8) is 0 Å². The minimum Gasteiger partial charge on any atom is -0.338 e. The van der Waals surface area contributed by atoms with Gasteiger partial charge in [-0.2, -0.15) is 0 Å². The smallest absolute Gasteiger partial charge is 0.239 e. The van der Waals surface area contributed by atoms with Gasteiger partial charge < -0.3 is 15.5 Å². The fraction of sp³-hybridized carbons (Fsp3) is 0.938. The van der Waals surface area contributed by atoms with Crippen molar-refractivity contribution in [3.05, 3.63) is 0 Å². The summed E-state index contributed by atoms with van der Waals surface area (Å²) in [5, 5.41) is 0. The first kappa shape index (κ1) is 15.8. The topological polar surface area (TPSA) is 49.6 Å². The molecule has 20 heavy (non-hydrogen) atoms. The second-order valence-corrected chi connectivity index (χ2v) is 6.89. The lowest BCUT2D eigenvalue weighted by atomic mass is 9.78. The van der Waals surface area contributed by atoms with E-state index in [9.17, 15) is 4.79 Å². The molecule has 4 nitrogen and oxygen atoms in total. The molecule has 2 rings (SSSR count). The Bertz CT molecular complexity index is 345. The van der Waals surface area contributed by atoms with Crippen molar-refractivity contribution in [1.29, 1.82) is 0 Å². The Hall–Kier alpha value is -0.610. The van der Waals surface area contributed by atoms with Crippen LogP contribution in [0.1, 0.15) is 52.9 Å². The summed E-state index contributed by atoms with van der Waals surface area (Å²) in [4.78, 5) is 16.8. The van der Waals surface area contributed by atoms with Crippen LogP contribution in [-0.2, 0) is 4.79 Å². The van der Waals surface area contributed by atoms with Gasteiger partial charge in [-0.25, -0.2) is 0 Å². The molecule has 0 spiro atoms. The van der Waals surface area contributed by atoms with Crippen molar-refractivity contribution in [2.45, 2.75) is 77.0 Å². The molecule has 0 aromatic rings. The van der Waals surface area contributed by atoms with Crippen molar-refractivity contribution in [3.8, 4) is 0 Å². The van der Waals surface area contributed by atoms with Gasteiger partial charge in [0.25, 0.3) is 0 Å². The maximum absolute atomic E-state index is 12.2. The van der Waals surface area contributed by atoms with Crippen LogP contribution in [0, 0.1) is 5.92 Å². The zero-order chi connectivity index (χ0) is 14.9. The van der Waals surface area contributed by atoms with Crippen molar-refractivity contribution in [2.24, 2.45) is 11.7 Å². The van der Waals surface area contributed by atoms with Gasteiger partial charge in [-0.05, 0) is 52.5 Å². The fourth-order valence-corrected chi connectivity index (χ4v) is 3.92. The number of rotatable bonds is 4. The number of nitrogens with zero attached hydrogens (tertiary/aromatic N) is 2. The van der Waals surface area contributed by atoms with E-state index < -0.39 is 0 Å². The van der Waals surface area contributed by atoms with Crippen LogP contribution in [0.5, 0.6) is 0 Å². The molecule has 2 fully saturated rings. The molecule has 2 N–H and O–H groups in total. The first-order chi connectivity index (χ1) is 9.45. The van der Waals surface area contributed by atoms with Crippen LogP contribution in [0.4, 0.5) is 0 Å². The molecular weight excluding hydrogens is 250 g/mol. The van der Waals surface area contributed by atoms with Crippen LogP contribution in [-0.4, -0.2) is 53.5 Å². The first-order valence-corrected chi connectivity index (χ1v) is 8.23. The average Bonchev–Trinajstić information content (AvgIpc) is 2.77. The third-order valence-electron chi connectivity index (χ3n) is 5.51. The van der Waals surface area contributed by atoms with E-state index in [1.54, 1.807) is 0 Å². The van der Waals surface area contributed by atoms with Gasteiger partial charge in [-0.1, -0.05) is 13.3 Å². The normalized spacial score (nSPS) is 35.4. The van der Waals surface area contributed by atoms with Crippen molar-refractivity contribution >= 4 is 5.91 Å². The molecule has 2 aliphatic rings. The molecule has 1 heterocycles. The van der Waals surface area contributed by atoms with Crippen LogP contribution in [0.15, 0.2) is 0 Å². The molecule has 0 bridgehead atoms. The van der Waals surface area contributed by atoms with Gasteiger partial charge in [-0.15, -0.1) is 0 Å². The van der Waals surface area contributed by atoms with Gasteiger partial charge in [0, 0.05) is 24.7 Å². The maximum Gasteiger partial charge on any atom is 0.239 e. The molecule has 0 unspecified atom stereocenters. The van der Waals surface area contributed by atoms with E-state index in [2.05, 4.69) is 37.6 Å². The number of carbonyl (C=O) groups is 1. The number of carbonyl (C=O) groups excluding carboxylic acids is 1. The molecule has 1 aliphatic heterocycles. The Morgan fingerprint density at radius 2 is 2.05 bits per heavy atom. The van der Waals surface area contributed by atoms with E-state index in [0.717, 1.165) is 25.8 Å². The predicted octanol–water partition coefficient (Wildman–Crippen LogP) is 1.83. The minimum atomic E-state index is -0.247. The van der Waals surface area contributed by atoms with Crippen LogP contribution in [0.25, 0.3) is 0 Å². The second-order valence-electron chi connectivity index (χ2n) is 6.89. The summed E-state index contributed by atoms with van der Waals surface area (Å²) >= 11 is 0. The Kier molecular flexibility index (Phi) is 5.08. The summed E-state index contributed by atoms with van der Waals surface area (Å²) in [6, 6.07) is 1.44. The van der Waals surface area contributed by atoms with Gasteiger partial charge in [-0.3, -0.25) is 4.79 Å². The van der Waals surface area contributed by atoms with Gasteiger partial charge in [0.05, 0.1) is 6.04 Å². The Balaban J connectivity index is 2.02. The van der Waals surface area contributed by atoms with E-state index in [-0.39, 0.29) is 11.9 Å². The number of hydrogen-bond acceptors (Lipinski definition) is 3. The number of amides is 1. The summed E-state index contributed by atoms with van der Waals surface area (Å²) in [5.41, 5.74) is 5.88. The van der Waals surface area contributed by atoms with E-state index in [1.807, 2.05) is 0 Å². The van der Waals surface area contributed by atoms with Gasteiger partial charge >= 0.3 is 0 Å². The minimum absolute atomic E-state index is 0.184. The second kappa shape index (κ2) is 6.44. The molecule has 1 amide bonds. The molecule has 0 aromatic carbocycles. The van der Waals surface area contributed by atoms with E-state index in [1.165, 1.54) is 12.8 Å². The van der Waals surface area contributed by atoms with E-state index in [4.69, 9.17) is 5.73 Å². The first-order valence-electron chi connectivity index (χ1n) is 8.23. The van der Waals surface area contributed by atoms with Gasteiger partial charge in [0.2, 0.25) is 5.91 Å². The molecule has 0 radical (unpaired) electrons. The fourth-order valence-electron chi connectivity index (χ4n) is 3.92. The summed E-state index contributed by atoms with van der Waals surface area (Å²) in [6.45, 7) is 7.65. The predicted molar refractivity (Wildman–Crippen MR) is 82.4 cm³/mol. The Labute approximate surface area is 123 Å².